The SMILES string of the molecule is COc1ccc(-c2cc(C=NNC(N)=S)oc2[N+](=O)[O-])cc1. The van der Waals surface area contributed by atoms with Crippen LogP contribution in [0, 0.1) is 10.1 Å². The molecule has 0 atom stereocenters. The zero-order valence-corrected chi connectivity index (χ0v) is 12.3. The summed E-state index contributed by atoms with van der Waals surface area (Å²) in [5.74, 6) is 0.473. The molecular weight excluding hydrogens is 308 g/mol. The fourth-order valence-electron chi connectivity index (χ4n) is 1.74. The number of thiocarbonyl (C=S) groups is 1. The second kappa shape index (κ2) is 6.68. The van der Waals surface area contributed by atoms with Crippen LogP contribution in [-0.4, -0.2) is 23.4 Å². The summed E-state index contributed by atoms with van der Waals surface area (Å²) >= 11 is 4.59. The topological polar surface area (TPSA) is 116 Å². The van der Waals surface area contributed by atoms with Crippen LogP contribution in [0.15, 0.2) is 39.9 Å². The Kier molecular flexibility index (Phi) is 4.69. The molecule has 114 valence electrons. The molecule has 0 fully saturated rings. The molecule has 9 heteroatoms. The van der Waals surface area contributed by atoms with Gasteiger partial charge in [-0.2, -0.15) is 5.10 Å². The summed E-state index contributed by atoms with van der Waals surface area (Å²) < 4.78 is 10.2. The number of methoxy groups -OCH3 is 1. The minimum absolute atomic E-state index is 0.0207. The van der Waals surface area contributed by atoms with Gasteiger partial charge in [-0.15, -0.1) is 0 Å². The van der Waals surface area contributed by atoms with Gasteiger partial charge < -0.3 is 14.9 Å². The highest BCUT2D eigenvalue weighted by atomic mass is 32.1. The Morgan fingerprint density at radius 3 is 2.73 bits per heavy atom. The van der Waals surface area contributed by atoms with E-state index in [0.29, 0.717) is 16.9 Å². The van der Waals surface area contributed by atoms with Gasteiger partial charge in [-0.3, -0.25) is 15.5 Å². The Morgan fingerprint density at radius 1 is 1.50 bits per heavy atom. The number of nitrogens with two attached hydrogens (primary N) is 1. The van der Waals surface area contributed by atoms with Crippen molar-refractivity contribution in [3.8, 4) is 16.9 Å². The first-order valence-corrected chi connectivity index (χ1v) is 6.43. The zero-order chi connectivity index (χ0) is 16.1. The normalized spacial score (nSPS) is 10.6. The van der Waals surface area contributed by atoms with E-state index >= 15 is 0 Å². The molecule has 0 radical (unpaired) electrons. The number of nitro groups is 1. The molecule has 2 rings (SSSR count). The summed E-state index contributed by atoms with van der Waals surface area (Å²) in [6.07, 6.45) is 1.25. The predicted molar refractivity (Wildman–Crippen MR) is 84.9 cm³/mol. The average molecular weight is 320 g/mol. The van der Waals surface area contributed by atoms with Crippen molar-refractivity contribution in [2.75, 3.05) is 7.11 Å². The average Bonchev–Trinajstić information content (AvgIpc) is 2.91. The first kappa shape index (κ1) is 15.4. The zero-order valence-electron chi connectivity index (χ0n) is 11.5. The third-order valence-electron chi connectivity index (χ3n) is 2.66. The standard InChI is InChI=1S/C13H12N4O4S/c1-20-9-4-2-8(3-5-9)11-6-10(7-15-16-13(14)22)21-12(11)17(18)19/h2-7H,1H3,(H3,14,16,22). The molecule has 22 heavy (non-hydrogen) atoms. The Hall–Kier alpha value is -2.94. The van der Waals surface area contributed by atoms with Crippen LogP contribution >= 0.6 is 12.2 Å². The monoisotopic (exact) mass is 320 g/mol. The highest BCUT2D eigenvalue weighted by Crippen LogP contribution is 2.33. The molecule has 0 aliphatic heterocycles. The Balaban J connectivity index is 2.36. The molecule has 0 aliphatic rings. The maximum Gasteiger partial charge on any atom is 0.441 e. The van der Waals surface area contributed by atoms with Gasteiger partial charge in [0, 0.05) is 6.07 Å². The van der Waals surface area contributed by atoms with Crippen LogP contribution in [-0.2, 0) is 0 Å². The molecule has 0 unspecified atom stereocenters. The van der Waals surface area contributed by atoms with Crippen LogP contribution in [0.5, 0.6) is 5.75 Å². The molecular formula is C13H12N4O4S. The molecule has 0 amide bonds. The number of hydrogen-bond donors (Lipinski definition) is 2. The number of furan rings is 1. The van der Waals surface area contributed by atoms with Gasteiger partial charge in [-0.05, 0) is 29.9 Å². The molecule has 0 spiro atoms. The Bertz CT molecular complexity index is 724. The molecule has 0 bridgehead atoms. The van der Waals surface area contributed by atoms with Crippen molar-refractivity contribution in [1.29, 1.82) is 0 Å². The summed E-state index contributed by atoms with van der Waals surface area (Å²) in [4.78, 5) is 10.5. The predicted octanol–water partition coefficient (Wildman–Crippen LogP) is 2.03. The van der Waals surface area contributed by atoms with Crippen molar-refractivity contribution in [1.82, 2.24) is 5.43 Å². The van der Waals surface area contributed by atoms with E-state index < -0.39 is 4.92 Å². The van der Waals surface area contributed by atoms with Gasteiger partial charge in [0.1, 0.15) is 16.2 Å². The van der Waals surface area contributed by atoms with Gasteiger partial charge in [0.05, 0.1) is 13.3 Å². The third-order valence-corrected chi connectivity index (χ3v) is 2.76. The summed E-state index contributed by atoms with van der Waals surface area (Å²) in [6, 6.07) is 8.31. The molecule has 0 saturated carbocycles. The smallest absolute Gasteiger partial charge is 0.441 e. The van der Waals surface area contributed by atoms with Gasteiger partial charge in [0.2, 0.25) is 0 Å². The number of hydrogen-bond acceptors (Lipinski definition) is 6. The first-order chi connectivity index (χ1) is 10.5. The molecule has 1 aromatic heterocycles. The van der Waals surface area contributed by atoms with E-state index in [1.165, 1.54) is 12.3 Å². The van der Waals surface area contributed by atoms with Gasteiger partial charge >= 0.3 is 5.88 Å². The molecule has 2 aromatic rings. The quantitative estimate of drug-likeness (QED) is 0.375. The highest BCUT2D eigenvalue weighted by molar-refractivity contribution is 7.80. The van der Waals surface area contributed by atoms with E-state index in [2.05, 4.69) is 22.7 Å². The van der Waals surface area contributed by atoms with Crippen molar-refractivity contribution in [2.45, 2.75) is 0 Å². The van der Waals surface area contributed by atoms with Gasteiger partial charge in [0.25, 0.3) is 0 Å². The van der Waals surface area contributed by atoms with E-state index in [4.69, 9.17) is 14.9 Å². The minimum atomic E-state index is -0.599. The fourth-order valence-corrected chi connectivity index (χ4v) is 1.79. The van der Waals surface area contributed by atoms with Crippen LogP contribution in [0.25, 0.3) is 11.1 Å². The maximum absolute atomic E-state index is 11.1. The highest BCUT2D eigenvalue weighted by Gasteiger charge is 2.22. The lowest BCUT2D eigenvalue weighted by atomic mass is 10.1. The second-order valence-corrected chi connectivity index (χ2v) is 4.53. The van der Waals surface area contributed by atoms with Crippen LogP contribution < -0.4 is 15.9 Å². The number of nitrogens with one attached hydrogen (secondary N) is 1. The van der Waals surface area contributed by atoms with Crippen LogP contribution in [0.2, 0.25) is 0 Å². The maximum atomic E-state index is 11.1. The summed E-state index contributed by atoms with van der Waals surface area (Å²) in [7, 11) is 1.54. The van der Waals surface area contributed by atoms with Crippen LogP contribution in [0.3, 0.4) is 0 Å². The second-order valence-electron chi connectivity index (χ2n) is 4.09. The number of benzene rings is 1. The Labute approximate surface area is 130 Å². The Morgan fingerprint density at radius 2 is 2.18 bits per heavy atom. The summed E-state index contributed by atoms with van der Waals surface area (Å²) in [5, 5.41) is 14.8. The van der Waals surface area contributed by atoms with E-state index in [1.54, 1.807) is 31.4 Å². The van der Waals surface area contributed by atoms with E-state index in [9.17, 15) is 10.1 Å². The molecule has 0 aliphatic carbocycles. The summed E-state index contributed by atoms with van der Waals surface area (Å²) in [6.45, 7) is 0. The van der Waals surface area contributed by atoms with E-state index in [-0.39, 0.29) is 16.8 Å². The van der Waals surface area contributed by atoms with E-state index in [1.807, 2.05) is 0 Å². The van der Waals surface area contributed by atoms with Crippen molar-refractivity contribution in [3.63, 3.8) is 0 Å². The number of ether oxygens (including phenoxy) is 1. The molecule has 0 saturated heterocycles. The van der Waals surface area contributed by atoms with Crippen molar-refractivity contribution >= 4 is 29.4 Å². The van der Waals surface area contributed by atoms with Gasteiger partial charge in [-0.25, -0.2) is 0 Å². The molecule has 3 N–H and O–H groups in total. The lowest BCUT2D eigenvalue weighted by Crippen LogP contribution is -2.23. The molecule has 1 heterocycles. The lowest BCUT2D eigenvalue weighted by Gasteiger charge is -2.00. The largest absolute Gasteiger partial charge is 0.497 e. The molecule has 1 aromatic carbocycles. The van der Waals surface area contributed by atoms with Crippen molar-refractivity contribution < 1.29 is 14.1 Å². The first-order valence-electron chi connectivity index (χ1n) is 6.02. The third kappa shape index (κ3) is 3.58. The minimum Gasteiger partial charge on any atom is -0.497 e. The molecule has 8 nitrogen and oxygen atoms in total. The van der Waals surface area contributed by atoms with Gasteiger partial charge in [-0.1, -0.05) is 12.1 Å². The summed E-state index contributed by atoms with van der Waals surface area (Å²) in [5.41, 5.74) is 8.51. The van der Waals surface area contributed by atoms with E-state index in [0.717, 1.165) is 0 Å². The van der Waals surface area contributed by atoms with Crippen LogP contribution in [0.1, 0.15) is 5.76 Å². The van der Waals surface area contributed by atoms with Gasteiger partial charge in [0.15, 0.2) is 10.9 Å². The lowest BCUT2D eigenvalue weighted by molar-refractivity contribution is -0.401. The van der Waals surface area contributed by atoms with Crippen molar-refractivity contribution in [2.24, 2.45) is 10.8 Å². The number of rotatable bonds is 5. The van der Waals surface area contributed by atoms with Crippen LogP contribution in [0.4, 0.5) is 5.88 Å². The number of nitrogens with zero attached hydrogens (tertiary/aromatic N) is 2. The van der Waals surface area contributed by atoms with Crippen molar-refractivity contribution in [3.05, 3.63) is 46.2 Å². The number of hydrazone groups is 1. The fraction of sp³-hybridized carbons (Fsp3) is 0.0769.